The number of anilines is 1. The van der Waals surface area contributed by atoms with Crippen LogP contribution in [-0.4, -0.2) is 26.8 Å². The maximum absolute atomic E-state index is 13.1. The van der Waals surface area contributed by atoms with Crippen LogP contribution in [0.15, 0.2) is 65.6 Å². The van der Waals surface area contributed by atoms with Crippen LogP contribution in [0, 0.1) is 0 Å². The van der Waals surface area contributed by atoms with Gasteiger partial charge < -0.3 is 0 Å². The minimum Gasteiger partial charge on any atom is -0.268 e. The predicted octanol–water partition coefficient (Wildman–Crippen LogP) is 5.28. The topological polar surface area (TPSA) is 83.6 Å². The fourth-order valence-corrected chi connectivity index (χ4v) is 5.57. The summed E-state index contributed by atoms with van der Waals surface area (Å²) in [5, 5.41) is 1.01. The van der Waals surface area contributed by atoms with Gasteiger partial charge in [0.1, 0.15) is 0 Å². The van der Waals surface area contributed by atoms with E-state index in [4.69, 9.17) is 0 Å². The highest BCUT2D eigenvalue weighted by Crippen LogP contribution is 2.36. The Labute approximate surface area is 194 Å². The number of benzene rings is 3. The lowest BCUT2D eigenvalue weighted by Gasteiger charge is -2.18. The number of hydrogen-bond acceptors (Lipinski definition) is 4. The van der Waals surface area contributed by atoms with Crippen molar-refractivity contribution in [1.29, 1.82) is 0 Å². The Balaban J connectivity index is 1.60. The molecular formula is C26H28N2O4S. The number of unbranched alkanes of at least 4 members (excludes halogenated alkanes) is 5. The molecule has 4 rings (SSSR count). The largest absolute Gasteiger partial charge is 0.268 e. The standard InChI is InChI=1S/C26H28N2O4S/c1-2-3-4-5-6-11-18-27-33(31,32)24-17-16-23(19-12-7-8-13-20(19)24)28-25(29)21-14-9-10-15-22(21)26(28)30/h7-10,12-17,27H,2-6,11,18H2,1H3. The third-order valence-electron chi connectivity index (χ3n) is 6.01. The maximum atomic E-state index is 13.1. The molecule has 2 amide bonds. The third-order valence-corrected chi connectivity index (χ3v) is 7.53. The van der Waals surface area contributed by atoms with Gasteiger partial charge in [0.2, 0.25) is 10.0 Å². The molecule has 0 fully saturated rings. The third kappa shape index (κ3) is 4.56. The zero-order chi connectivity index (χ0) is 23.4. The lowest BCUT2D eigenvalue weighted by Crippen LogP contribution is -2.30. The zero-order valence-corrected chi connectivity index (χ0v) is 19.5. The minimum absolute atomic E-state index is 0.143. The van der Waals surface area contributed by atoms with Gasteiger partial charge in [-0.3, -0.25) is 9.59 Å². The first-order valence-electron chi connectivity index (χ1n) is 11.4. The van der Waals surface area contributed by atoms with Gasteiger partial charge in [0.05, 0.1) is 21.7 Å². The maximum Gasteiger partial charge on any atom is 0.266 e. The minimum atomic E-state index is -3.74. The molecule has 6 nitrogen and oxygen atoms in total. The van der Waals surface area contributed by atoms with Crippen molar-refractivity contribution < 1.29 is 18.0 Å². The Morgan fingerprint density at radius 1 is 0.727 bits per heavy atom. The van der Waals surface area contributed by atoms with Crippen LogP contribution in [0.4, 0.5) is 5.69 Å². The predicted molar refractivity (Wildman–Crippen MR) is 130 cm³/mol. The summed E-state index contributed by atoms with van der Waals surface area (Å²) in [5.41, 5.74) is 1.08. The van der Waals surface area contributed by atoms with E-state index >= 15 is 0 Å². The molecular weight excluding hydrogens is 436 g/mol. The molecule has 0 atom stereocenters. The second-order valence-electron chi connectivity index (χ2n) is 8.29. The first-order chi connectivity index (χ1) is 16.0. The monoisotopic (exact) mass is 464 g/mol. The molecule has 7 heteroatoms. The first-order valence-corrected chi connectivity index (χ1v) is 12.9. The van der Waals surface area contributed by atoms with Crippen LogP contribution in [0.2, 0.25) is 0 Å². The highest BCUT2D eigenvalue weighted by atomic mass is 32.2. The molecule has 1 aliphatic heterocycles. The van der Waals surface area contributed by atoms with E-state index in [9.17, 15) is 18.0 Å². The summed E-state index contributed by atoms with van der Waals surface area (Å²) in [4.78, 5) is 27.2. The number of hydrogen-bond donors (Lipinski definition) is 1. The fraction of sp³-hybridized carbons (Fsp3) is 0.308. The van der Waals surface area contributed by atoms with Crippen LogP contribution in [0.25, 0.3) is 10.8 Å². The van der Waals surface area contributed by atoms with Gasteiger partial charge in [-0.25, -0.2) is 18.0 Å². The summed E-state index contributed by atoms with van der Waals surface area (Å²) in [6.07, 6.45) is 6.43. The van der Waals surface area contributed by atoms with Crippen LogP contribution in [0.3, 0.4) is 0 Å². The Morgan fingerprint density at radius 2 is 1.30 bits per heavy atom. The average molecular weight is 465 g/mol. The molecule has 0 saturated heterocycles. The van der Waals surface area contributed by atoms with Gasteiger partial charge in [-0.2, -0.15) is 0 Å². The first kappa shape index (κ1) is 23.1. The lowest BCUT2D eigenvalue weighted by atomic mass is 10.1. The molecule has 3 aromatic rings. The quantitative estimate of drug-likeness (QED) is 0.327. The molecule has 3 aromatic carbocycles. The molecule has 0 unspecified atom stereocenters. The smallest absolute Gasteiger partial charge is 0.266 e. The molecule has 0 bridgehead atoms. The van der Waals surface area contributed by atoms with E-state index in [0.29, 0.717) is 34.1 Å². The van der Waals surface area contributed by atoms with Gasteiger partial charge in [0, 0.05) is 17.3 Å². The number of carbonyl (C=O) groups excluding carboxylic acids is 2. The van der Waals surface area contributed by atoms with E-state index in [1.54, 1.807) is 54.6 Å². The van der Waals surface area contributed by atoms with Crippen LogP contribution in [0.1, 0.15) is 66.2 Å². The van der Waals surface area contributed by atoms with Gasteiger partial charge in [-0.1, -0.05) is 75.4 Å². The number of carbonyl (C=O) groups is 2. The van der Waals surface area contributed by atoms with Crippen molar-refractivity contribution in [2.24, 2.45) is 0 Å². The van der Waals surface area contributed by atoms with Crippen molar-refractivity contribution in [2.45, 2.75) is 50.3 Å². The van der Waals surface area contributed by atoms with Crippen molar-refractivity contribution in [2.75, 3.05) is 11.4 Å². The summed E-state index contributed by atoms with van der Waals surface area (Å²) >= 11 is 0. The SMILES string of the molecule is CCCCCCCCNS(=O)(=O)c1ccc(N2C(=O)c3ccccc3C2=O)c2ccccc12. The molecule has 0 spiro atoms. The number of rotatable bonds is 10. The van der Waals surface area contributed by atoms with Crippen LogP contribution < -0.4 is 9.62 Å². The molecule has 0 aliphatic carbocycles. The highest BCUT2D eigenvalue weighted by molar-refractivity contribution is 7.89. The molecule has 172 valence electrons. The molecule has 1 N–H and O–H groups in total. The van der Waals surface area contributed by atoms with E-state index in [1.165, 1.54) is 25.3 Å². The van der Waals surface area contributed by atoms with Gasteiger partial charge in [0.15, 0.2) is 0 Å². The normalized spacial score (nSPS) is 13.7. The second-order valence-corrected chi connectivity index (χ2v) is 10.0. The summed E-state index contributed by atoms with van der Waals surface area (Å²) in [7, 11) is -3.74. The summed E-state index contributed by atoms with van der Waals surface area (Å²) in [6.45, 7) is 2.54. The average Bonchev–Trinajstić information content (AvgIpc) is 3.08. The molecule has 1 aliphatic rings. The summed E-state index contributed by atoms with van der Waals surface area (Å²) in [5.74, 6) is -0.810. The summed E-state index contributed by atoms with van der Waals surface area (Å²) < 4.78 is 28.8. The number of amides is 2. The van der Waals surface area contributed by atoms with Gasteiger partial charge in [-0.05, 0) is 30.7 Å². The van der Waals surface area contributed by atoms with Crippen molar-refractivity contribution >= 4 is 38.3 Å². The Bertz CT molecular complexity index is 1270. The summed E-state index contributed by atoms with van der Waals surface area (Å²) in [6, 6.07) is 16.7. The number of sulfonamides is 1. The fourth-order valence-electron chi connectivity index (χ4n) is 4.28. The van der Waals surface area contributed by atoms with Crippen LogP contribution in [0.5, 0.6) is 0 Å². The van der Waals surface area contributed by atoms with E-state index in [2.05, 4.69) is 11.6 Å². The highest BCUT2D eigenvalue weighted by Gasteiger charge is 2.37. The number of fused-ring (bicyclic) bond motifs is 2. The lowest BCUT2D eigenvalue weighted by molar-refractivity contribution is 0.0926. The van der Waals surface area contributed by atoms with E-state index < -0.39 is 21.8 Å². The van der Waals surface area contributed by atoms with Crippen LogP contribution >= 0.6 is 0 Å². The molecule has 0 saturated carbocycles. The van der Waals surface area contributed by atoms with Crippen molar-refractivity contribution in [3.63, 3.8) is 0 Å². The Kier molecular flexibility index (Phi) is 6.91. The Hall–Kier alpha value is -3.03. The molecule has 33 heavy (non-hydrogen) atoms. The van der Waals surface area contributed by atoms with Crippen molar-refractivity contribution in [1.82, 2.24) is 4.72 Å². The zero-order valence-electron chi connectivity index (χ0n) is 18.7. The molecule has 1 heterocycles. The second kappa shape index (κ2) is 9.85. The molecule has 0 radical (unpaired) electrons. The van der Waals surface area contributed by atoms with E-state index in [-0.39, 0.29) is 4.90 Å². The Morgan fingerprint density at radius 3 is 1.97 bits per heavy atom. The van der Waals surface area contributed by atoms with Crippen molar-refractivity contribution in [3.8, 4) is 0 Å². The van der Waals surface area contributed by atoms with Gasteiger partial charge in [0.25, 0.3) is 11.8 Å². The number of nitrogens with zero attached hydrogens (tertiary/aromatic N) is 1. The van der Waals surface area contributed by atoms with Crippen molar-refractivity contribution in [3.05, 3.63) is 71.8 Å². The number of imide groups is 1. The van der Waals surface area contributed by atoms with Gasteiger partial charge in [-0.15, -0.1) is 0 Å². The number of nitrogens with one attached hydrogen (secondary N) is 1. The van der Waals surface area contributed by atoms with Crippen LogP contribution in [-0.2, 0) is 10.0 Å². The van der Waals surface area contributed by atoms with Gasteiger partial charge >= 0.3 is 0 Å². The van der Waals surface area contributed by atoms with E-state index in [1.807, 2.05) is 0 Å². The molecule has 0 aromatic heterocycles. The van der Waals surface area contributed by atoms with E-state index in [0.717, 1.165) is 24.2 Å².